The number of carboxylic acids is 1. The first-order valence-corrected chi connectivity index (χ1v) is 6.74. The van der Waals surface area contributed by atoms with Gasteiger partial charge in [-0.05, 0) is 5.56 Å². The molecule has 2 bridgehead atoms. The van der Waals surface area contributed by atoms with Crippen molar-refractivity contribution in [3.63, 3.8) is 0 Å². The summed E-state index contributed by atoms with van der Waals surface area (Å²) in [7, 11) is 0. The molecule has 1 aromatic rings. The maximum atomic E-state index is 12.3. The van der Waals surface area contributed by atoms with Crippen molar-refractivity contribution in [2.75, 3.05) is 6.61 Å². The van der Waals surface area contributed by atoms with Crippen LogP contribution >= 0.6 is 11.6 Å². The molecule has 5 nitrogen and oxygen atoms in total. The first-order chi connectivity index (χ1) is 9.44. The van der Waals surface area contributed by atoms with E-state index in [0.717, 1.165) is 0 Å². The number of alkyl halides is 1. The van der Waals surface area contributed by atoms with Crippen LogP contribution in [-0.2, 0) is 14.3 Å². The number of halogens is 1. The fourth-order valence-corrected chi connectivity index (χ4v) is 3.35. The predicted molar refractivity (Wildman–Crippen MR) is 71.5 cm³/mol. The third kappa shape index (κ3) is 2.07. The van der Waals surface area contributed by atoms with E-state index >= 15 is 0 Å². The largest absolute Gasteiger partial charge is 0.479 e. The van der Waals surface area contributed by atoms with E-state index in [-0.39, 0.29) is 0 Å². The van der Waals surface area contributed by atoms with Crippen molar-refractivity contribution in [2.24, 2.45) is 0 Å². The molecular formula is C14H14ClNO4. The third-order valence-corrected chi connectivity index (χ3v) is 4.26. The lowest BCUT2D eigenvalue weighted by Crippen LogP contribution is -2.56. The maximum Gasteiger partial charge on any atom is 0.330 e. The number of hydrogen-bond acceptors (Lipinski definition) is 3. The zero-order valence-corrected chi connectivity index (χ0v) is 11.4. The zero-order valence-electron chi connectivity index (χ0n) is 10.6. The van der Waals surface area contributed by atoms with E-state index < -0.39 is 28.4 Å². The van der Waals surface area contributed by atoms with Gasteiger partial charge < -0.3 is 15.2 Å². The molecule has 3 fully saturated rings. The van der Waals surface area contributed by atoms with E-state index in [0.29, 0.717) is 25.0 Å². The lowest BCUT2D eigenvalue weighted by molar-refractivity contribution is -0.149. The summed E-state index contributed by atoms with van der Waals surface area (Å²) in [5.74, 6) is -1.50. The molecule has 1 saturated carbocycles. The molecule has 0 unspecified atom stereocenters. The Hall–Kier alpha value is -1.59. The Morgan fingerprint density at radius 1 is 1.30 bits per heavy atom. The lowest BCUT2D eigenvalue weighted by Gasteiger charge is -2.39. The van der Waals surface area contributed by atoms with E-state index in [2.05, 4.69) is 5.32 Å². The smallest absolute Gasteiger partial charge is 0.330 e. The summed E-state index contributed by atoms with van der Waals surface area (Å²) in [6.45, 7) is 0.338. The minimum atomic E-state index is -1.10. The number of rotatable bonds is 4. The molecule has 1 aromatic carbocycles. The summed E-state index contributed by atoms with van der Waals surface area (Å²) in [5, 5.41) is 11.8. The number of carboxylic acid groups (broad SMARTS) is 1. The second-order valence-corrected chi connectivity index (χ2v) is 6.24. The van der Waals surface area contributed by atoms with Crippen molar-refractivity contribution in [2.45, 2.75) is 29.4 Å². The Morgan fingerprint density at radius 3 is 2.45 bits per heavy atom. The Kier molecular flexibility index (Phi) is 2.99. The van der Waals surface area contributed by atoms with Gasteiger partial charge in [0.1, 0.15) is 5.60 Å². The third-order valence-electron chi connectivity index (χ3n) is 3.88. The summed E-state index contributed by atoms with van der Waals surface area (Å²) in [6.07, 6.45) is 0.878. The molecule has 1 aliphatic carbocycles. The number of nitrogens with one attached hydrogen (secondary N) is 1. The van der Waals surface area contributed by atoms with E-state index in [4.69, 9.17) is 16.3 Å². The second-order valence-electron chi connectivity index (χ2n) is 5.44. The molecule has 2 N–H and O–H groups in total. The Morgan fingerprint density at radius 2 is 1.95 bits per heavy atom. The van der Waals surface area contributed by atoms with E-state index in [9.17, 15) is 14.7 Å². The van der Waals surface area contributed by atoms with E-state index in [1.807, 2.05) is 0 Å². The Bertz CT molecular complexity index is 554. The molecule has 2 aliphatic heterocycles. The van der Waals surface area contributed by atoms with Gasteiger partial charge in [-0.2, -0.15) is 0 Å². The minimum absolute atomic E-state index is 0.338. The normalized spacial score (nSPS) is 32.2. The number of carbonyl (C=O) groups excluding carboxylic acids is 1. The van der Waals surface area contributed by atoms with Crippen molar-refractivity contribution in [3.05, 3.63) is 35.9 Å². The van der Waals surface area contributed by atoms with Crippen LogP contribution in [0.15, 0.2) is 30.3 Å². The molecule has 2 saturated heterocycles. The highest BCUT2D eigenvalue weighted by molar-refractivity contribution is 6.26. The predicted octanol–water partition coefficient (Wildman–Crippen LogP) is 1.47. The van der Waals surface area contributed by atoms with Crippen LogP contribution in [0.2, 0.25) is 0 Å². The van der Waals surface area contributed by atoms with Crippen molar-refractivity contribution < 1.29 is 19.4 Å². The number of hydrogen-bond donors (Lipinski definition) is 2. The Labute approximate surface area is 120 Å². The quantitative estimate of drug-likeness (QED) is 0.825. The molecule has 0 radical (unpaired) electrons. The lowest BCUT2D eigenvalue weighted by atomic mass is 9.73. The summed E-state index contributed by atoms with van der Waals surface area (Å²) >= 11 is 6.16. The highest BCUT2D eigenvalue weighted by atomic mass is 35.5. The number of ether oxygens (including phenoxy) is 1. The first-order valence-electron chi connectivity index (χ1n) is 6.36. The molecule has 6 heteroatoms. The molecule has 20 heavy (non-hydrogen) atoms. The molecule has 4 rings (SSSR count). The fraction of sp³-hybridized carbons (Fsp3) is 0.429. The second kappa shape index (κ2) is 4.46. The number of fused-ring (bicyclic) bond motifs is 1. The van der Waals surface area contributed by atoms with Gasteiger partial charge >= 0.3 is 5.97 Å². The molecule has 0 spiro atoms. The van der Waals surface area contributed by atoms with Gasteiger partial charge in [-0.1, -0.05) is 30.3 Å². The van der Waals surface area contributed by atoms with Gasteiger partial charge in [-0.3, -0.25) is 4.79 Å². The van der Waals surface area contributed by atoms with Crippen LogP contribution in [-0.4, -0.2) is 34.1 Å². The number of carbonyl (C=O) groups is 2. The van der Waals surface area contributed by atoms with Gasteiger partial charge in [0.2, 0.25) is 0 Å². The van der Waals surface area contributed by atoms with Crippen molar-refractivity contribution in [3.8, 4) is 0 Å². The SMILES string of the molecule is O=C(O)[C@@H](NC(=O)C12CC(Cl)(CO1)C2)c1ccccc1. The summed E-state index contributed by atoms with van der Waals surface area (Å²) in [4.78, 5) is 23.2. The van der Waals surface area contributed by atoms with E-state index in [1.54, 1.807) is 30.3 Å². The van der Waals surface area contributed by atoms with Gasteiger partial charge in [-0.15, -0.1) is 11.6 Å². The average Bonchev–Trinajstić information content (AvgIpc) is 2.91. The topological polar surface area (TPSA) is 75.6 Å². The van der Waals surface area contributed by atoms with Crippen LogP contribution in [0.25, 0.3) is 0 Å². The first kappa shape index (κ1) is 13.4. The molecule has 1 amide bonds. The van der Waals surface area contributed by atoms with E-state index in [1.165, 1.54) is 0 Å². The molecule has 0 aromatic heterocycles. The van der Waals surface area contributed by atoms with Crippen LogP contribution in [0.5, 0.6) is 0 Å². The van der Waals surface area contributed by atoms with Gasteiger partial charge in [0.25, 0.3) is 5.91 Å². The molecule has 106 valence electrons. The van der Waals surface area contributed by atoms with Crippen LogP contribution in [0.1, 0.15) is 24.4 Å². The average molecular weight is 296 g/mol. The molecule has 2 heterocycles. The monoisotopic (exact) mass is 295 g/mol. The van der Waals surface area contributed by atoms with Crippen LogP contribution in [0.4, 0.5) is 0 Å². The molecular weight excluding hydrogens is 282 g/mol. The number of amides is 1. The summed E-state index contributed by atoms with van der Waals surface area (Å²) < 4.78 is 5.46. The van der Waals surface area contributed by atoms with Crippen molar-refractivity contribution in [1.29, 1.82) is 0 Å². The minimum Gasteiger partial charge on any atom is -0.479 e. The number of benzene rings is 1. The van der Waals surface area contributed by atoms with Gasteiger partial charge in [0, 0.05) is 12.8 Å². The molecule has 1 atom stereocenters. The van der Waals surface area contributed by atoms with Gasteiger partial charge in [0.15, 0.2) is 6.04 Å². The van der Waals surface area contributed by atoms with Crippen LogP contribution in [0.3, 0.4) is 0 Å². The number of aliphatic carboxylic acids is 1. The maximum absolute atomic E-state index is 12.3. The van der Waals surface area contributed by atoms with Gasteiger partial charge in [-0.25, -0.2) is 4.79 Å². The van der Waals surface area contributed by atoms with Crippen LogP contribution in [0, 0.1) is 0 Å². The fourth-order valence-electron chi connectivity index (χ4n) is 2.87. The standard InChI is InChI=1S/C14H14ClNO4/c15-13-6-14(7-13,20-8-13)12(19)16-10(11(17)18)9-4-2-1-3-5-9/h1-5,10H,6-8H2,(H,16,19)(H,17,18)/t10-,13?,14?/m0/s1. The zero-order chi connectivity index (χ0) is 14.4. The Balaban J connectivity index is 1.75. The van der Waals surface area contributed by atoms with Crippen molar-refractivity contribution >= 4 is 23.5 Å². The van der Waals surface area contributed by atoms with Gasteiger partial charge in [0.05, 0.1) is 11.5 Å². The highest BCUT2D eigenvalue weighted by Crippen LogP contribution is 2.55. The van der Waals surface area contributed by atoms with Crippen LogP contribution < -0.4 is 5.32 Å². The highest BCUT2D eigenvalue weighted by Gasteiger charge is 2.66. The molecule has 3 aliphatic rings. The summed E-state index contributed by atoms with van der Waals surface area (Å²) in [6, 6.07) is 7.51. The summed E-state index contributed by atoms with van der Waals surface area (Å²) in [5.41, 5.74) is -0.413. The van der Waals surface area contributed by atoms with Crippen molar-refractivity contribution in [1.82, 2.24) is 5.32 Å².